The molecule has 1 heterocycles. The molecule has 1 unspecified atom stereocenters. The Morgan fingerprint density at radius 1 is 1.17 bits per heavy atom. The Morgan fingerprint density at radius 3 is 2.33 bits per heavy atom. The smallest absolute Gasteiger partial charge is 0.230 e. The molecule has 1 aliphatic heterocycles. The van der Waals surface area contributed by atoms with E-state index in [1.807, 2.05) is 0 Å². The van der Waals surface area contributed by atoms with Crippen LogP contribution in [0.1, 0.15) is 35.1 Å². The summed E-state index contributed by atoms with van der Waals surface area (Å²) in [4.78, 5) is 22.9. The number of carbonyl (C=O) groups excluding carboxylic acids is 2. The molecule has 1 saturated heterocycles. The van der Waals surface area contributed by atoms with E-state index in [0.717, 1.165) is 6.42 Å². The van der Waals surface area contributed by atoms with Gasteiger partial charge in [-0.15, -0.1) is 0 Å². The molecule has 1 aromatic rings. The normalized spacial score (nSPS) is 19.8. The Kier molecular flexibility index (Phi) is 3.50. The lowest BCUT2D eigenvalue weighted by molar-refractivity contribution is -0.136. The van der Waals surface area contributed by atoms with Gasteiger partial charge in [-0.3, -0.25) is 14.9 Å². The van der Waals surface area contributed by atoms with Crippen molar-refractivity contribution in [3.63, 3.8) is 0 Å². The average molecular weight is 245 g/mol. The van der Waals surface area contributed by atoms with Gasteiger partial charge in [-0.2, -0.15) is 0 Å². The van der Waals surface area contributed by atoms with Crippen LogP contribution >= 0.6 is 0 Å². The van der Waals surface area contributed by atoms with E-state index in [4.69, 9.17) is 0 Å². The molecule has 18 heavy (non-hydrogen) atoms. The van der Waals surface area contributed by atoms with Gasteiger partial charge in [-0.05, 0) is 50.3 Å². The molecule has 1 fully saturated rings. The maximum atomic E-state index is 11.8. The molecule has 1 N–H and O–H groups in total. The van der Waals surface area contributed by atoms with Crippen molar-refractivity contribution in [3.05, 3.63) is 34.4 Å². The Bertz CT molecular complexity index is 482. The van der Waals surface area contributed by atoms with Crippen LogP contribution in [-0.2, 0) is 16.0 Å². The molecule has 96 valence electrons. The van der Waals surface area contributed by atoms with Crippen molar-refractivity contribution >= 4 is 11.8 Å². The fourth-order valence-corrected chi connectivity index (χ4v) is 2.71. The summed E-state index contributed by atoms with van der Waals surface area (Å²) in [5.41, 5.74) is 4.96. The van der Waals surface area contributed by atoms with Crippen LogP contribution in [0.25, 0.3) is 0 Å². The van der Waals surface area contributed by atoms with E-state index in [9.17, 15) is 9.59 Å². The number of rotatable bonds is 2. The molecule has 0 saturated carbocycles. The van der Waals surface area contributed by atoms with Crippen LogP contribution in [-0.4, -0.2) is 11.8 Å². The summed E-state index contributed by atoms with van der Waals surface area (Å²) in [7, 11) is 0. The highest BCUT2D eigenvalue weighted by Crippen LogP contribution is 2.23. The third-order valence-electron chi connectivity index (χ3n) is 3.64. The third kappa shape index (κ3) is 2.61. The molecule has 0 aliphatic carbocycles. The van der Waals surface area contributed by atoms with Crippen molar-refractivity contribution in [2.24, 2.45) is 5.92 Å². The molecule has 2 amide bonds. The molecule has 0 bridgehead atoms. The van der Waals surface area contributed by atoms with Crippen LogP contribution < -0.4 is 5.32 Å². The maximum absolute atomic E-state index is 11.8. The molecule has 3 nitrogen and oxygen atoms in total. The van der Waals surface area contributed by atoms with Crippen LogP contribution in [0, 0.1) is 26.7 Å². The van der Waals surface area contributed by atoms with Crippen molar-refractivity contribution in [2.45, 2.75) is 40.0 Å². The van der Waals surface area contributed by atoms with Crippen LogP contribution in [0.4, 0.5) is 0 Å². The lowest BCUT2D eigenvalue weighted by Crippen LogP contribution is -2.41. The molecular formula is C15H19NO2. The van der Waals surface area contributed by atoms with Crippen LogP contribution in [0.3, 0.4) is 0 Å². The Balaban J connectivity index is 2.19. The topological polar surface area (TPSA) is 46.2 Å². The molecule has 0 spiro atoms. The highest BCUT2D eigenvalue weighted by molar-refractivity contribution is 5.98. The first kappa shape index (κ1) is 12.8. The fourth-order valence-electron chi connectivity index (χ4n) is 2.71. The SMILES string of the molecule is Cc1cc(C)c(CC2CCC(=O)NC2=O)c(C)c1. The van der Waals surface area contributed by atoms with Gasteiger partial charge in [0.25, 0.3) is 0 Å². The second-order valence-corrected chi connectivity index (χ2v) is 5.23. The molecule has 1 atom stereocenters. The van der Waals surface area contributed by atoms with E-state index in [1.54, 1.807) is 0 Å². The van der Waals surface area contributed by atoms with E-state index in [-0.39, 0.29) is 17.7 Å². The summed E-state index contributed by atoms with van der Waals surface area (Å²) in [6, 6.07) is 4.29. The molecule has 0 aromatic heterocycles. The molecule has 3 heteroatoms. The average Bonchev–Trinajstić information content (AvgIpc) is 2.25. The lowest BCUT2D eigenvalue weighted by atomic mass is 9.87. The third-order valence-corrected chi connectivity index (χ3v) is 3.64. The summed E-state index contributed by atoms with van der Waals surface area (Å²) in [6.07, 6.45) is 1.86. The second-order valence-electron chi connectivity index (χ2n) is 5.23. The van der Waals surface area contributed by atoms with Gasteiger partial charge in [-0.25, -0.2) is 0 Å². The molecule has 2 rings (SSSR count). The summed E-state index contributed by atoms with van der Waals surface area (Å²) >= 11 is 0. The van der Waals surface area contributed by atoms with Gasteiger partial charge in [0.15, 0.2) is 0 Å². The van der Waals surface area contributed by atoms with Crippen molar-refractivity contribution in [2.75, 3.05) is 0 Å². The number of carbonyl (C=O) groups is 2. The minimum Gasteiger partial charge on any atom is -0.296 e. The van der Waals surface area contributed by atoms with Gasteiger partial charge < -0.3 is 0 Å². The number of piperidine rings is 1. The summed E-state index contributed by atoms with van der Waals surface area (Å²) in [5, 5.41) is 2.42. The van der Waals surface area contributed by atoms with E-state index in [2.05, 4.69) is 38.2 Å². The molecule has 0 radical (unpaired) electrons. The van der Waals surface area contributed by atoms with Crippen molar-refractivity contribution in [1.82, 2.24) is 5.32 Å². The molecule has 1 aliphatic rings. The molecular weight excluding hydrogens is 226 g/mol. The first-order chi connectivity index (χ1) is 8.47. The Hall–Kier alpha value is -1.64. The predicted octanol–water partition coefficient (Wildman–Crippen LogP) is 2.21. The second kappa shape index (κ2) is 4.92. The zero-order valence-electron chi connectivity index (χ0n) is 11.2. The van der Waals surface area contributed by atoms with Gasteiger partial charge in [0, 0.05) is 12.3 Å². The van der Waals surface area contributed by atoms with Crippen LogP contribution in [0.2, 0.25) is 0 Å². The van der Waals surface area contributed by atoms with Gasteiger partial charge in [0.2, 0.25) is 11.8 Å². The highest BCUT2D eigenvalue weighted by atomic mass is 16.2. The maximum Gasteiger partial charge on any atom is 0.230 e. The number of benzene rings is 1. The van der Waals surface area contributed by atoms with Gasteiger partial charge >= 0.3 is 0 Å². The quantitative estimate of drug-likeness (QED) is 0.812. The highest BCUT2D eigenvalue weighted by Gasteiger charge is 2.27. The molecule has 1 aromatic carbocycles. The van der Waals surface area contributed by atoms with Crippen molar-refractivity contribution in [1.29, 1.82) is 0 Å². The summed E-state index contributed by atoms with van der Waals surface area (Å²) in [6.45, 7) is 6.25. The Labute approximate surface area is 108 Å². The van der Waals surface area contributed by atoms with Crippen LogP contribution in [0.5, 0.6) is 0 Å². The van der Waals surface area contributed by atoms with E-state index in [1.165, 1.54) is 22.3 Å². The monoisotopic (exact) mass is 245 g/mol. The van der Waals surface area contributed by atoms with Crippen molar-refractivity contribution in [3.8, 4) is 0 Å². The van der Waals surface area contributed by atoms with Gasteiger partial charge in [0.1, 0.15) is 0 Å². The first-order valence-corrected chi connectivity index (χ1v) is 6.38. The van der Waals surface area contributed by atoms with Crippen LogP contribution in [0.15, 0.2) is 12.1 Å². The van der Waals surface area contributed by atoms with E-state index < -0.39 is 0 Å². The summed E-state index contributed by atoms with van der Waals surface area (Å²) < 4.78 is 0. The fraction of sp³-hybridized carbons (Fsp3) is 0.467. The lowest BCUT2D eigenvalue weighted by Gasteiger charge is -2.22. The van der Waals surface area contributed by atoms with Gasteiger partial charge in [-0.1, -0.05) is 17.7 Å². The number of imide groups is 1. The number of nitrogens with one attached hydrogen (secondary N) is 1. The minimum absolute atomic E-state index is 0.0668. The number of hydrogen-bond donors (Lipinski definition) is 1. The Morgan fingerprint density at radius 2 is 1.78 bits per heavy atom. The number of amides is 2. The largest absolute Gasteiger partial charge is 0.296 e. The zero-order valence-corrected chi connectivity index (χ0v) is 11.2. The predicted molar refractivity (Wildman–Crippen MR) is 70.2 cm³/mol. The zero-order chi connectivity index (χ0) is 13.3. The van der Waals surface area contributed by atoms with E-state index >= 15 is 0 Å². The van der Waals surface area contributed by atoms with E-state index in [0.29, 0.717) is 12.8 Å². The van der Waals surface area contributed by atoms with Crippen molar-refractivity contribution < 1.29 is 9.59 Å². The number of hydrogen-bond acceptors (Lipinski definition) is 2. The summed E-state index contributed by atoms with van der Waals surface area (Å²) in [5.74, 6) is -0.331. The van der Waals surface area contributed by atoms with Gasteiger partial charge in [0.05, 0.1) is 0 Å². The standard InChI is InChI=1S/C15H19NO2/c1-9-6-10(2)13(11(3)7-9)8-12-4-5-14(17)16-15(12)18/h6-7,12H,4-5,8H2,1-3H3,(H,16,17,18). The number of aryl methyl sites for hydroxylation is 3. The minimum atomic E-state index is -0.145. The first-order valence-electron chi connectivity index (χ1n) is 6.38.